The number of nitrogens with one attached hydrogen (secondary N) is 1. The van der Waals surface area contributed by atoms with Crippen molar-refractivity contribution in [2.45, 2.75) is 13.0 Å². The van der Waals surface area contributed by atoms with Gasteiger partial charge >= 0.3 is 0 Å². The number of rotatable bonds is 0. The molecule has 3 aliphatic rings. The molecule has 0 amide bonds. The standard InChI is InChI=1S/C19H24N2S/c1-21-18-12-20-11-14-7-4-5-9-16(14)17-10-6-8-15(19(17)21)13-22(18,2)3/h4-7,9-10,12,15,20H,8,11,13H2,1-3H3/b18-12+. The van der Waals surface area contributed by atoms with E-state index in [9.17, 15) is 0 Å². The van der Waals surface area contributed by atoms with E-state index >= 15 is 0 Å². The summed E-state index contributed by atoms with van der Waals surface area (Å²) in [7, 11) is 1.52. The largest absolute Gasteiger partial charge is 0.385 e. The lowest BCUT2D eigenvalue weighted by Crippen LogP contribution is -2.37. The van der Waals surface area contributed by atoms with Crippen LogP contribution in [0.1, 0.15) is 17.5 Å². The van der Waals surface area contributed by atoms with E-state index in [1.807, 2.05) is 0 Å². The van der Waals surface area contributed by atoms with Crippen LogP contribution in [-0.2, 0) is 6.54 Å². The Balaban J connectivity index is 1.99. The van der Waals surface area contributed by atoms with Crippen molar-refractivity contribution in [2.75, 3.05) is 25.3 Å². The molecular weight excluding hydrogens is 288 g/mol. The molecule has 2 heterocycles. The highest BCUT2D eigenvalue weighted by Crippen LogP contribution is 2.59. The third-order valence-electron chi connectivity index (χ3n) is 5.07. The molecule has 1 saturated heterocycles. The molecule has 1 aromatic rings. The third-order valence-corrected chi connectivity index (χ3v) is 7.83. The lowest BCUT2D eigenvalue weighted by atomic mass is 9.87. The van der Waals surface area contributed by atoms with E-state index < -0.39 is 10.0 Å². The van der Waals surface area contributed by atoms with Crippen molar-refractivity contribution in [1.82, 2.24) is 10.2 Å². The van der Waals surface area contributed by atoms with E-state index in [0.29, 0.717) is 5.92 Å². The molecule has 0 radical (unpaired) electrons. The van der Waals surface area contributed by atoms with E-state index in [2.05, 4.69) is 72.4 Å². The van der Waals surface area contributed by atoms with E-state index in [1.165, 1.54) is 39.6 Å². The summed E-state index contributed by atoms with van der Waals surface area (Å²) in [6, 6.07) is 8.83. The van der Waals surface area contributed by atoms with Gasteiger partial charge in [-0.25, -0.2) is 10.0 Å². The monoisotopic (exact) mass is 312 g/mol. The lowest BCUT2D eigenvalue weighted by Gasteiger charge is -2.50. The van der Waals surface area contributed by atoms with Gasteiger partial charge in [-0.05, 0) is 35.8 Å². The van der Waals surface area contributed by atoms with Crippen molar-refractivity contribution in [1.29, 1.82) is 0 Å². The van der Waals surface area contributed by atoms with E-state index in [1.54, 1.807) is 0 Å². The topological polar surface area (TPSA) is 15.3 Å². The van der Waals surface area contributed by atoms with Crippen LogP contribution >= 0.6 is 10.0 Å². The molecule has 0 aromatic heterocycles. The second-order valence-electron chi connectivity index (χ2n) is 6.92. The Labute approximate surface area is 134 Å². The molecule has 0 saturated carbocycles. The van der Waals surface area contributed by atoms with Crippen LogP contribution in [0, 0.1) is 5.92 Å². The van der Waals surface area contributed by atoms with Gasteiger partial charge in [0.05, 0.1) is 5.03 Å². The highest BCUT2D eigenvalue weighted by Gasteiger charge is 2.38. The average molecular weight is 312 g/mol. The van der Waals surface area contributed by atoms with Gasteiger partial charge in [0.1, 0.15) is 0 Å². The van der Waals surface area contributed by atoms with Crippen LogP contribution < -0.4 is 5.32 Å². The van der Waals surface area contributed by atoms with Gasteiger partial charge in [-0.1, -0.05) is 36.4 Å². The fraction of sp³-hybridized carbons (Fsp3) is 0.368. The van der Waals surface area contributed by atoms with Gasteiger partial charge in [0.25, 0.3) is 0 Å². The van der Waals surface area contributed by atoms with Crippen molar-refractivity contribution >= 4 is 15.6 Å². The van der Waals surface area contributed by atoms with Crippen molar-refractivity contribution < 1.29 is 0 Å². The first kappa shape index (κ1) is 14.0. The normalized spacial score (nSPS) is 29.3. The highest BCUT2D eigenvalue weighted by atomic mass is 32.3. The fourth-order valence-corrected chi connectivity index (χ4v) is 6.83. The lowest BCUT2D eigenvalue weighted by molar-refractivity contribution is 0.447. The number of nitrogens with zero attached hydrogens (tertiary/aromatic N) is 1. The second-order valence-corrected chi connectivity index (χ2v) is 10.7. The number of fused-ring (bicyclic) bond motifs is 3. The number of allylic oxidation sites excluding steroid dienone is 4. The first-order chi connectivity index (χ1) is 10.6. The van der Waals surface area contributed by atoms with Crippen LogP contribution in [0.25, 0.3) is 5.57 Å². The van der Waals surface area contributed by atoms with E-state index in [0.717, 1.165) is 6.54 Å². The van der Waals surface area contributed by atoms with Crippen molar-refractivity contribution in [3.05, 3.63) is 64.5 Å². The van der Waals surface area contributed by atoms with Crippen molar-refractivity contribution in [3.8, 4) is 0 Å². The molecule has 1 atom stereocenters. The second kappa shape index (κ2) is 4.95. The SMILES string of the molecule is CN1C2=C3C=CCC2CS(C)(C)/C1=C/NCc1ccccc13. The summed E-state index contributed by atoms with van der Waals surface area (Å²) < 4.78 is 0. The minimum Gasteiger partial charge on any atom is -0.385 e. The van der Waals surface area contributed by atoms with Crippen LogP contribution in [0.4, 0.5) is 0 Å². The average Bonchev–Trinajstić information content (AvgIpc) is 2.54. The van der Waals surface area contributed by atoms with Crippen LogP contribution in [0.3, 0.4) is 0 Å². The summed E-state index contributed by atoms with van der Waals surface area (Å²) in [6.45, 7) is 0.901. The predicted octanol–water partition coefficient (Wildman–Crippen LogP) is 3.89. The van der Waals surface area contributed by atoms with Gasteiger partial charge in [-0.3, -0.25) is 0 Å². The molecule has 2 nitrogen and oxygen atoms in total. The van der Waals surface area contributed by atoms with Gasteiger partial charge in [-0.15, -0.1) is 0 Å². The Morgan fingerprint density at radius 2 is 2.05 bits per heavy atom. The Kier molecular flexibility index (Phi) is 3.15. The zero-order valence-corrected chi connectivity index (χ0v) is 14.4. The van der Waals surface area contributed by atoms with Crippen molar-refractivity contribution in [3.63, 3.8) is 0 Å². The quantitative estimate of drug-likeness (QED) is 0.782. The van der Waals surface area contributed by atoms with Crippen LogP contribution in [0.2, 0.25) is 0 Å². The summed E-state index contributed by atoms with van der Waals surface area (Å²) >= 11 is 0. The minimum absolute atomic E-state index is 0.665. The Hall–Kier alpha value is -1.61. The van der Waals surface area contributed by atoms with Gasteiger partial charge in [0.2, 0.25) is 0 Å². The molecule has 1 unspecified atom stereocenters. The third kappa shape index (κ3) is 2.03. The van der Waals surface area contributed by atoms with Crippen LogP contribution in [-0.4, -0.2) is 30.2 Å². The van der Waals surface area contributed by atoms with Gasteiger partial charge < -0.3 is 10.2 Å². The molecule has 1 aliphatic carbocycles. The summed E-state index contributed by atoms with van der Waals surface area (Å²) in [5.74, 6) is 1.97. The van der Waals surface area contributed by atoms with Gasteiger partial charge in [0, 0.05) is 37.0 Å². The van der Waals surface area contributed by atoms with Crippen LogP contribution in [0.5, 0.6) is 0 Å². The first-order valence-corrected chi connectivity index (χ1v) is 10.6. The molecule has 1 fully saturated rings. The molecule has 3 heteroatoms. The zero-order valence-electron chi connectivity index (χ0n) is 13.6. The molecule has 1 aromatic carbocycles. The van der Waals surface area contributed by atoms with Gasteiger partial charge in [-0.2, -0.15) is 0 Å². The Morgan fingerprint density at radius 1 is 1.23 bits per heavy atom. The zero-order chi connectivity index (χ0) is 15.3. The number of hydrogen-bond acceptors (Lipinski definition) is 2. The molecule has 2 aliphatic heterocycles. The predicted molar refractivity (Wildman–Crippen MR) is 97.6 cm³/mol. The maximum Gasteiger partial charge on any atom is 0.0730 e. The van der Waals surface area contributed by atoms with Crippen molar-refractivity contribution in [2.24, 2.45) is 5.92 Å². The maximum absolute atomic E-state index is 3.57. The maximum atomic E-state index is 3.57. The number of benzene rings is 1. The van der Waals surface area contributed by atoms with Crippen LogP contribution in [0.15, 0.2) is 53.3 Å². The molecule has 22 heavy (non-hydrogen) atoms. The smallest absolute Gasteiger partial charge is 0.0730 e. The highest BCUT2D eigenvalue weighted by molar-refractivity contribution is 8.35. The molecular formula is C19H24N2S. The molecule has 1 N–H and O–H groups in total. The summed E-state index contributed by atoms with van der Waals surface area (Å²) in [5.41, 5.74) is 5.73. The summed E-state index contributed by atoms with van der Waals surface area (Å²) in [4.78, 5) is 2.48. The molecule has 4 rings (SSSR count). The van der Waals surface area contributed by atoms with Gasteiger partial charge in [0.15, 0.2) is 0 Å². The van der Waals surface area contributed by atoms with E-state index in [-0.39, 0.29) is 0 Å². The molecule has 116 valence electrons. The molecule has 0 spiro atoms. The summed E-state index contributed by atoms with van der Waals surface area (Å²) in [5, 5.41) is 5.06. The Morgan fingerprint density at radius 3 is 2.91 bits per heavy atom. The minimum atomic E-state index is -0.742. The summed E-state index contributed by atoms with van der Waals surface area (Å²) in [6.07, 6.45) is 13.1. The van der Waals surface area contributed by atoms with E-state index in [4.69, 9.17) is 0 Å². The Bertz CT molecular complexity index is 712. The number of hydrogen-bond donors (Lipinski definition) is 1. The fourth-order valence-electron chi connectivity index (χ4n) is 4.12. The molecule has 2 bridgehead atoms. The first-order valence-electron chi connectivity index (χ1n) is 7.95.